The van der Waals surface area contributed by atoms with E-state index in [1.54, 1.807) is 11.1 Å². The first kappa shape index (κ1) is 21.5. The number of aryl methyl sites for hydroxylation is 1. The topological polar surface area (TPSA) is 80.8 Å². The van der Waals surface area contributed by atoms with Gasteiger partial charge in [-0.2, -0.15) is 0 Å². The standard InChI is InChI=1S/C25H25N3O4S/c29-23(16-28-12-4-7-24(28)30)26-14-20-15-27-25(33-20)31-19-9-11-22-18(13-19)8-10-21(32-22)17-5-2-1-3-6-17/h1-3,5-6,9,11,13,15,21H,4,7-8,10,12,14,16H2,(H,26,29). The van der Waals surface area contributed by atoms with E-state index < -0.39 is 0 Å². The van der Waals surface area contributed by atoms with Crippen LogP contribution in [0.15, 0.2) is 54.7 Å². The molecule has 3 aromatic rings. The van der Waals surface area contributed by atoms with Crippen molar-refractivity contribution in [2.24, 2.45) is 0 Å². The first-order chi connectivity index (χ1) is 16.1. The molecule has 0 bridgehead atoms. The third-order valence-electron chi connectivity index (χ3n) is 5.85. The fourth-order valence-corrected chi connectivity index (χ4v) is 4.85. The molecule has 33 heavy (non-hydrogen) atoms. The predicted octanol–water partition coefficient (Wildman–Crippen LogP) is 4.24. The van der Waals surface area contributed by atoms with Gasteiger partial charge in [0.15, 0.2) is 0 Å². The number of fused-ring (bicyclic) bond motifs is 1. The zero-order valence-electron chi connectivity index (χ0n) is 18.2. The minimum atomic E-state index is -0.162. The largest absolute Gasteiger partial charge is 0.485 e. The van der Waals surface area contributed by atoms with Gasteiger partial charge in [-0.15, -0.1) is 0 Å². The summed E-state index contributed by atoms with van der Waals surface area (Å²) in [5.74, 6) is 1.49. The number of nitrogens with zero attached hydrogens (tertiary/aromatic N) is 2. The van der Waals surface area contributed by atoms with Crippen molar-refractivity contribution in [3.05, 3.63) is 70.7 Å². The van der Waals surface area contributed by atoms with Crippen LogP contribution in [-0.4, -0.2) is 34.8 Å². The fraction of sp³-hybridized carbons (Fsp3) is 0.320. The summed E-state index contributed by atoms with van der Waals surface area (Å²) in [6, 6.07) is 16.1. The SMILES string of the molecule is O=C(CN1CCCC1=O)NCc1cnc(Oc2ccc3c(c2)CCC(c2ccccc2)O3)s1. The first-order valence-electron chi connectivity index (χ1n) is 11.2. The number of benzene rings is 2. The summed E-state index contributed by atoms with van der Waals surface area (Å²) >= 11 is 1.39. The van der Waals surface area contributed by atoms with Crippen LogP contribution in [0.1, 0.15) is 41.4 Å². The highest BCUT2D eigenvalue weighted by Crippen LogP contribution is 2.38. The number of carbonyl (C=O) groups is 2. The van der Waals surface area contributed by atoms with E-state index in [9.17, 15) is 9.59 Å². The highest BCUT2D eigenvalue weighted by molar-refractivity contribution is 7.13. The van der Waals surface area contributed by atoms with Crippen molar-refractivity contribution >= 4 is 23.2 Å². The molecule has 1 unspecified atom stereocenters. The lowest BCUT2D eigenvalue weighted by molar-refractivity contribution is -0.133. The van der Waals surface area contributed by atoms with E-state index in [1.807, 2.05) is 36.4 Å². The first-order valence-corrected chi connectivity index (χ1v) is 12.0. The number of hydrogen-bond donors (Lipinski definition) is 1. The molecule has 0 radical (unpaired) electrons. The molecule has 2 aromatic carbocycles. The van der Waals surface area contributed by atoms with Gasteiger partial charge in [-0.3, -0.25) is 9.59 Å². The lowest BCUT2D eigenvalue weighted by Gasteiger charge is -2.26. The number of amides is 2. The maximum atomic E-state index is 12.1. The molecule has 0 spiro atoms. The molecular formula is C25H25N3O4S. The Morgan fingerprint density at radius 3 is 2.91 bits per heavy atom. The number of likely N-dealkylation sites (tertiary alicyclic amines) is 1. The van der Waals surface area contributed by atoms with E-state index in [-0.39, 0.29) is 24.5 Å². The van der Waals surface area contributed by atoms with Gasteiger partial charge in [-0.1, -0.05) is 41.7 Å². The summed E-state index contributed by atoms with van der Waals surface area (Å²) in [4.78, 5) is 30.5. The fourth-order valence-electron chi connectivity index (χ4n) is 4.14. The highest BCUT2D eigenvalue weighted by atomic mass is 32.1. The van der Waals surface area contributed by atoms with Crippen LogP contribution in [0.5, 0.6) is 16.7 Å². The number of rotatable bonds is 7. The van der Waals surface area contributed by atoms with Crippen LogP contribution in [0, 0.1) is 0 Å². The van der Waals surface area contributed by atoms with Gasteiger partial charge in [0.05, 0.1) is 13.1 Å². The summed E-state index contributed by atoms with van der Waals surface area (Å²) < 4.78 is 12.2. The van der Waals surface area contributed by atoms with Crippen LogP contribution >= 0.6 is 11.3 Å². The Labute approximate surface area is 196 Å². The third kappa shape index (κ3) is 5.17. The lowest BCUT2D eigenvalue weighted by atomic mass is 9.97. The van der Waals surface area contributed by atoms with Crippen LogP contribution in [0.2, 0.25) is 0 Å². The van der Waals surface area contributed by atoms with Crippen molar-refractivity contribution in [1.29, 1.82) is 0 Å². The second kappa shape index (κ2) is 9.62. The van der Waals surface area contributed by atoms with Gasteiger partial charge in [0, 0.05) is 24.0 Å². The molecular weight excluding hydrogens is 438 g/mol. The average Bonchev–Trinajstić information content (AvgIpc) is 3.46. The molecule has 5 rings (SSSR count). The molecule has 8 heteroatoms. The molecule has 1 fully saturated rings. The molecule has 170 valence electrons. The van der Waals surface area contributed by atoms with Crippen LogP contribution in [0.25, 0.3) is 0 Å². The summed E-state index contributed by atoms with van der Waals surface area (Å²) in [6.45, 7) is 1.13. The van der Waals surface area contributed by atoms with Crippen molar-refractivity contribution in [1.82, 2.24) is 15.2 Å². The summed E-state index contributed by atoms with van der Waals surface area (Å²) in [5.41, 5.74) is 2.32. The third-order valence-corrected chi connectivity index (χ3v) is 6.73. The summed E-state index contributed by atoms with van der Waals surface area (Å²) in [6.07, 6.45) is 4.97. The molecule has 1 saturated heterocycles. The Balaban J connectivity index is 1.15. The lowest BCUT2D eigenvalue weighted by Crippen LogP contribution is -2.37. The van der Waals surface area contributed by atoms with Crippen LogP contribution in [0.4, 0.5) is 0 Å². The Hall–Kier alpha value is -3.39. The number of ether oxygens (including phenoxy) is 2. The second-order valence-corrected chi connectivity index (χ2v) is 9.29. The van der Waals surface area contributed by atoms with Crippen molar-refractivity contribution in [3.63, 3.8) is 0 Å². The van der Waals surface area contributed by atoms with Gasteiger partial charge in [0.25, 0.3) is 5.19 Å². The van der Waals surface area contributed by atoms with Crippen molar-refractivity contribution in [3.8, 4) is 16.7 Å². The smallest absolute Gasteiger partial charge is 0.278 e. The summed E-state index contributed by atoms with van der Waals surface area (Å²) in [7, 11) is 0. The van der Waals surface area contributed by atoms with Gasteiger partial charge in [0.2, 0.25) is 11.8 Å². The van der Waals surface area contributed by atoms with Crippen molar-refractivity contribution in [2.75, 3.05) is 13.1 Å². The Kier molecular flexibility index (Phi) is 6.26. The predicted molar refractivity (Wildman–Crippen MR) is 124 cm³/mol. The van der Waals surface area contributed by atoms with Crippen LogP contribution < -0.4 is 14.8 Å². The van der Waals surface area contributed by atoms with Gasteiger partial charge >= 0.3 is 0 Å². The normalized spacial score (nSPS) is 17.4. The zero-order valence-corrected chi connectivity index (χ0v) is 19.0. The number of nitrogens with one attached hydrogen (secondary N) is 1. The summed E-state index contributed by atoms with van der Waals surface area (Å²) in [5, 5.41) is 3.37. The Morgan fingerprint density at radius 1 is 1.21 bits per heavy atom. The van der Waals surface area contributed by atoms with E-state index in [4.69, 9.17) is 9.47 Å². The van der Waals surface area contributed by atoms with E-state index in [0.29, 0.717) is 30.5 Å². The Morgan fingerprint density at radius 2 is 2.09 bits per heavy atom. The molecule has 1 aromatic heterocycles. The number of aromatic nitrogens is 1. The van der Waals surface area contributed by atoms with Gasteiger partial charge in [0.1, 0.15) is 17.6 Å². The quantitative estimate of drug-likeness (QED) is 0.567. The number of thiazole rings is 1. The second-order valence-electron chi connectivity index (χ2n) is 8.22. The Bertz CT molecular complexity index is 1150. The van der Waals surface area contributed by atoms with E-state index in [0.717, 1.165) is 35.5 Å². The molecule has 1 N–H and O–H groups in total. The van der Waals surface area contributed by atoms with E-state index in [1.165, 1.54) is 16.9 Å². The van der Waals surface area contributed by atoms with Gasteiger partial charge in [-0.25, -0.2) is 4.98 Å². The molecule has 2 amide bonds. The molecule has 3 heterocycles. The minimum Gasteiger partial charge on any atom is -0.485 e. The maximum absolute atomic E-state index is 12.1. The monoisotopic (exact) mass is 463 g/mol. The van der Waals surface area contributed by atoms with Gasteiger partial charge in [-0.05, 0) is 48.6 Å². The molecule has 0 aliphatic carbocycles. The molecule has 2 aliphatic heterocycles. The van der Waals surface area contributed by atoms with Crippen LogP contribution in [-0.2, 0) is 22.6 Å². The van der Waals surface area contributed by atoms with E-state index in [2.05, 4.69) is 22.4 Å². The van der Waals surface area contributed by atoms with E-state index >= 15 is 0 Å². The van der Waals surface area contributed by atoms with Gasteiger partial charge < -0.3 is 19.7 Å². The number of carbonyl (C=O) groups excluding carboxylic acids is 2. The average molecular weight is 464 g/mol. The molecule has 0 saturated carbocycles. The molecule has 7 nitrogen and oxygen atoms in total. The minimum absolute atomic E-state index is 0.0460. The number of hydrogen-bond acceptors (Lipinski definition) is 6. The zero-order chi connectivity index (χ0) is 22.6. The molecule has 1 atom stereocenters. The van der Waals surface area contributed by atoms with Crippen molar-refractivity contribution in [2.45, 2.75) is 38.3 Å². The maximum Gasteiger partial charge on any atom is 0.278 e. The van der Waals surface area contributed by atoms with Crippen LogP contribution in [0.3, 0.4) is 0 Å². The van der Waals surface area contributed by atoms with Crippen molar-refractivity contribution < 1.29 is 19.1 Å². The molecule has 2 aliphatic rings. The highest BCUT2D eigenvalue weighted by Gasteiger charge is 2.23.